The first-order chi connectivity index (χ1) is 9.15. The van der Waals surface area contributed by atoms with Gasteiger partial charge in [0.15, 0.2) is 4.96 Å². The van der Waals surface area contributed by atoms with Gasteiger partial charge in [-0.25, -0.2) is 4.98 Å². The third-order valence-corrected chi connectivity index (χ3v) is 4.39. The lowest BCUT2D eigenvalue weighted by Crippen LogP contribution is -2.12. The molecule has 3 heterocycles. The van der Waals surface area contributed by atoms with Gasteiger partial charge in [0.1, 0.15) is 10.7 Å². The highest BCUT2D eigenvalue weighted by molar-refractivity contribution is 7.17. The summed E-state index contributed by atoms with van der Waals surface area (Å²) in [6.07, 6.45) is 4.48. The summed E-state index contributed by atoms with van der Waals surface area (Å²) in [6.45, 7) is 4.00. The Hall–Kier alpha value is -1.80. The summed E-state index contributed by atoms with van der Waals surface area (Å²) < 4.78 is 1.85. The average Bonchev–Trinajstić information content (AvgIpc) is 3.02. The molecule has 0 unspecified atom stereocenters. The summed E-state index contributed by atoms with van der Waals surface area (Å²) in [5.41, 5.74) is 0.388. The Labute approximate surface area is 117 Å². The van der Waals surface area contributed by atoms with Gasteiger partial charge in [0.05, 0.1) is 0 Å². The number of fused-ring (bicyclic) bond motifs is 1. The van der Waals surface area contributed by atoms with E-state index < -0.39 is 0 Å². The molecular weight excluding hydrogens is 282 g/mol. The van der Waals surface area contributed by atoms with E-state index in [4.69, 9.17) is 0 Å². The quantitative estimate of drug-likeness (QED) is 0.804. The second-order valence-corrected chi connectivity index (χ2v) is 6.24. The molecule has 0 aromatic carbocycles. The van der Waals surface area contributed by atoms with Crippen LogP contribution in [-0.2, 0) is 6.42 Å². The van der Waals surface area contributed by atoms with E-state index in [0.717, 1.165) is 21.3 Å². The molecule has 0 saturated heterocycles. The molecule has 0 aliphatic carbocycles. The van der Waals surface area contributed by atoms with Crippen LogP contribution in [0.15, 0.2) is 12.4 Å². The van der Waals surface area contributed by atoms with Crippen LogP contribution in [0.5, 0.6) is 0 Å². The van der Waals surface area contributed by atoms with Gasteiger partial charge in [0, 0.05) is 17.3 Å². The molecule has 98 valence electrons. The Kier molecular flexibility index (Phi) is 3.03. The Balaban J connectivity index is 1.80. The molecule has 3 aromatic heterocycles. The van der Waals surface area contributed by atoms with E-state index in [2.05, 4.69) is 20.5 Å². The zero-order chi connectivity index (χ0) is 13.4. The van der Waals surface area contributed by atoms with Crippen LogP contribution in [0.2, 0.25) is 0 Å². The van der Waals surface area contributed by atoms with Crippen molar-refractivity contribution in [2.75, 3.05) is 5.32 Å². The van der Waals surface area contributed by atoms with Crippen molar-refractivity contribution in [2.24, 2.45) is 0 Å². The molecule has 0 atom stereocenters. The molecule has 0 saturated carbocycles. The molecule has 1 amide bonds. The Bertz CT molecular complexity index is 710. The number of aromatic nitrogens is 4. The number of nitrogens with zero attached hydrogens (tertiary/aromatic N) is 4. The number of imidazole rings is 1. The fourth-order valence-corrected chi connectivity index (χ4v) is 3.11. The maximum atomic E-state index is 12.0. The van der Waals surface area contributed by atoms with Gasteiger partial charge in [-0.2, -0.15) is 0 Å². The van der Waals surface area contributed by atoms with Gasteiger partial charge in [-0.05, 0) is 13.3 Å². The predicted octanol–water partition coefficient (Wildman–Crippen LogP) is 2.37. The van der Waals surface area contributed by atoms with Crippen LogP contribution in [0.25, 0.3) is 4.96 Å². The highest BCUT2D eigenvalue weighted by Crippen LogP contribution is 2.19. The standard InChI is InChI=1S/C11H11N5OS2/c1-3-8-14-15-10(19-8)13-9(17)7-5-16-4-6(2)18-11(16)12-7/h4-5H,3H2,1-2H3,(H,13,15,17). The second-order valence-electron chi connectivity index (χ2n) is 3.97. The largest absolute Gasteiger partial charge is 0.297 e. The van der Waals surface area contributed by atoms with Crippen LogP contribution in [0.1, 0.15) is 27.3 Å². The average molecular weight is 293 g/mol. The van der Waals surface area contributed by atoms with Gasteiger partial charge in [0.2, 0.25) is 5.13 Å². The van der Waals surface area contributed by atoms with Crippen molar-refractivity contribution >= 4 is 38.7 Å². The first kappa shape index (κ1) is 12.2. The van der Waals surface area contributed by atoms with Crippen molar-refractivity contribution in [2.45, 2.75) is 20.3 Å². The zero-order valence-electron chi connectivity index (χ0n) is 10.4. The molecule has 0 aliphatic rings. The maximum absolute atomic E-state index is 12.0. The second kappa shape index (κ2) is 4.71. The number of carbonyl (C=O) groups excluding carboxylic acids is 1. The van der Waals surface area contributed by atoms with Gasteiger partial charge in [-0.1, -0.05) is 18.3 Å². The molecule has 0 fully saturated rings. The minimum Gasteiger partial charge on any atom is -0.297 e. The Morgan fingerprint density at radius 3 is 2.89 bits per heavy atom. The third-order valence-electron chi connectivity index (χ3n) is 2.49. The van der Waals surface area contributed by atoms with Gasteiger partial charge in [-0.15, -0.1) is 21.5 Å². The first-order valence-corrected chi connectivity index (χ1v) is 7.38. The number of carbonyl (C=O) groups is 1. The minimum absolute atomic E-state index is 0.257. The summed E-state index contributed by atoms with van der Waals surface area (Å²) in [7, 11) is 0. The van der Waals surface area contributed by atoms with Crippen LogP contribution >= 0.6 is 22.7 Å². The van der Waals surface area contributed by atoms with Crippen molar-refractivity contribution in [1.29, 1.82) is 0 Å². The lowest BCUT2D eigenvalue weighted by molar-refractivity contribution is 0.102. The van der Waals surface area contributed by atoms with E-state index >= 15 is 0 Å². The molecule has 3 rings (SSSR count). The molecule has 3 aromatic rings. The molecule has 19 heavy (non-hydrogen) atoms. The summed E-state index contributed by atoms with van der Waals surface area (Å²) in [6, 6.07) is 0. The van der Waals surface area contributed by atoms with Crippen LogP contribution in [0, 0.1) is 6.92 Å². The van der Waals surface area contributed by atoms with Gasteiger partial charge in [-0.3, -0.25) is 14.5 Å². The van der Waals surface area contributed by atoms with Gasteiger partial charge >= 0.3 is 0 Å². The molecule has 8 heteroatoms. The molecule has 0 radical (unpaired) electrons. The molecule has 6 nitrogen and oxygen atoms in total. The van der Waals surface area contributed by atoms with Crippen LogP contribution < -0.4 is 5.32 Å². The smallest absolute Gasteiger partial charge is 0.277 e. The van der Waals surface area contributed by atoms with E-state index in [-0.39, 0.29) is 5.91 Å². The first-order valence-electron chi connectivity index (χ1n) is 5.74. The number of anilines is 1. The lowest BCUT2D eigenvalue weighted by Gasteiger charge is -1.95. The molecule has 0 spiro atoms. The summed E-state index contributed by atoms with van der Waals surface area (Å²) >= 11 is 2.93. The number of thiazole rings is 1. The van der Waals surface area contributed by atoms with E-state index in [9.17, 15) is 4.79 Å². The molecule has 0 bridgehead atoms. The highest BCUT2D eigenvalue weighted by Gasteiger charge is 2.14. The van der Waals surface area contributed by atoms with Crippen molar-refractivity contribution in [3.63, 3.8) is 0 Å². The number of amides is 1. The SMILES string of the molecule is CCc1nnc(NC(=O)c2cn3cc(C)sc3n2)s1. The summed E-state index contributed by atoms with van der Waals surface area (Å²) in [5, 5.41) is 12.0. The van der Waals surface area contributed by atoms with Crippen molar-refractivity contribution in [1.82, 2.24) is 19.6 Å². The van der Waals surface area contributed by atoms with Gasteiger partial charge in [0.25, 0.3) is 5.91 Å². The van der Waals surface area contributed by atoms with Crippen LogP contribution in [0.4, 0.5) is 5.13 Å². The number of rotatable bonds is 3. The lowest BCUT2D eigenvalue weighted by atomic mass is 10.4. The third kappa shape index (κ3) is 2.36. The number of nitrogens with one attached hydrogen (secondary N) is 1. The van der Waals surface area contributed by atoms with Crippen molar-refractivity contribution < 1.29 is 4.79 Å². The number of hydrogen-bond acceptors (Lipinski definition) is 6. The highest BCUT2D eigenvalue weighted by atomic mass is 32.1. The van der Waals surface area contributed by atoms with Crippen molar-refractivity contribution in [3.8, 4) is 0 Å². The minimum atomic E-state index is -0.257. The fraction of sp³-hybridized carbons (Fsp3) is 0.273. The maximum Gasteiger partial charge on any atom is 0.277 e. The summed E-state index contributed by atoms with van der Waals surface area (Å²) in [5.74, 6) is -0.257. The molecular formula is C11H11N5OS2. The van der Waals surface area contributed by atoms with E-state index in [1.807, 2.05) is 24.4 Å². The van der Waals surface area contributed by atoms with E-state index in [1.165, 1.54) is 11.3 Å². The Morgan fingerprint density at radius 1 is 1.37 bits per heavy atom. The van der Waals surface area contributed by atoms with Crippen LogP contribution in [0.3, 0.4) is 0 Å². The van der Waals surface area contributed by atoms with Crippen LogP contribution in [-0.4, -0.2) is 25.5 Å². The predicted molar refractivity (Wildman–Crippen MR) is 75.0 cm³/mol. The summed E-state index contributed by atoms with van der Waals surface area (Å²) in [4.78, 5) is 18.3. The van der Waals surface area contributed by atoms with E-state index in [1.54, 1.807) is 17.5 Å². The van der Waals surface area contributed by atoms with E-state index in [0.29, 0.717) is 10.8 Å². The number of hydrogen-bond donors (Lipinski definition) is 1. The Morgan fingerprint density at radius 2 is 2.21 bits per heavy atom. The zero-order valence-corrected chi connectivity index (χ0v) is 12.0. The fourth-order valence-electron chi connectivity index (χ4n) is 1.63. The topological polar surface area (TPSA) is 72.2 Å². The normalized spacial score (nSPS) is 11.1. The number of aryl methyl sites for hydroxylation is 2. The van der Waals surface area contributed by atoms with Gasteiger partial charge < -0.3 is 0 Å². The van der Waals surface area contributed by atoms with Crippen molar-refractivity contribution in [3.05, 3.63) is 28.0 Å². The molecule has 0 aliphatic heterocycles. The monoisotopic (exact) mass is 293 g/mol. The molecule has 1 N–H and O–H groups in total.